The third-order valence-electron chi connectivity index (χ3n) is 3.95. The van der Waals surface area contributed by atoms with Gasteiger partial charge >= 0.3 is 0 Å². The van der Waals surface area contributed by atoms with Gasteiger partial charge in [0, 0.05) is 18.2 Å². The first-order valence-electron chi connectivity index (χ1n) is 6.78. The zero-order chi connectivity index (χ0) is 14.8. The minimum Gasteiger partial charge on any atom is -0.396 e. The molecule has 1 aromatic carbocycles. The zero-order valence-electron chi connectivity index (χ0n) is 12.2. The highest BCUT2D eigenvalue weighted by Gasteiger charge is 2.31. The number of hydrogen-bond acceptors (Lipinski definition) is 2. The van der Waals surface area contributed by atoms with Crippen LogP contribution in [0.1, 0.15) is 35.7 Å². The first-order chi connectivity index (χ1) is 9.49. The maximum Gasteiger partial charge on any atom is 0.126 e. The van der Waals surface area contributed by atoms with Crippen LogP contribution in [0.5, 0.6) is 0 Å². The molecule has 0 amide bonds. The molecule has 2 aromatic rings. The van der Waals surface area contributed by atoms with E-state index in [-0.39, 0.29) is 12.4 Å². The van der Waals surface area contributed by atoms with Crippen LogP contribution in [-0.2, 0) is 5.41 Å². The van der Waals surface area contributed by atoms with E-state index >= 15 is 0 Å². The van der Waals surface area contributed by atoms with E-state index < -0.39 is 5.41 Å². The molecule has 2 nitrogen and oxygen atoms in total. The van der Waals surface area contributed by atoms with E-state index in [1.54, 1.807) is 25.3 Å². The Balaban J connectivity index is 2.59. The number of aryl methyl sites for hydroxylation is 2. The van der Waals surface area contributed by atoms with Crippen LogP contribution in [0, 0.1) is 19.7 Å². The van der Waals surface area contributed by atoms with Gasteiger partial charge in [0.1, 0.15) is 5.82 Å². The number of halogens is 1. The van der Waals surface area contributed by atoms with Gasteiger partial charge in [-0.15, -0.1) is 0 Å². The van der Waals surface area contributed by atoms with Crippen molar-refractivity contribution < 1.29 is 9.50 Å². The first-order valence-corrected chi connectivity index (χ1v) is 6.78. The molecular weight excluding hydrogens is 253 g/mol. The number of hydrogen-bond donors (Lipinski definition) is 1. The summed E-state index contributed by atoms with van der Waals surface area (Å²) >= 11 is 0. The molecule has 0 aliphatic heterocycles. The molecule has 1 aromatic heterocycles. The smallest absolute Gasteiger partial charge is 0.126 e. The van der Waals surface area contributed by atoms with Crippen molar-refractivity contribution in [2.24, 2.45) is 0 Å². The quantitative estimate of drug-likeness (QED) is 0.924. The molecule has 1 atom stereocenters. The third kappa shape index (κ3) is 2.59. The fraction of sp³-hybridized carbons (Fsp3) is 0.353. The summed E-state index contributed by atoms with van der Waals surface area (Å²) in [5, 5.41) is 9.42. The number of aliphatic hydroxyl groups is 1. The summed E-state index contributed by atoms with van der Waals surface area (Å²) in [6, 6.07) is 9.12. The van der Waals surface area contributed by atoms with Gasteiger partial charge in [0.2, 0.25) is 0 Å². The molecule has 0 aliphatic carbocycles. The van der Waals surface area contributed by atoms with E-state index in [4.69, 9.17) is 0 Å². The number of rotatable bonds is 4. The van der Waals surface area contributed by atoms with Crippen molar-refractivity contribution in [3.8, 4) is 0 Å². The summed E-state index contributed by atoms with van der Waals surface area (Å²) in [4.78, 5) is 4.46. The lowest BCUT2D eigenvalue weighted by Gasteiger charge is -2.30. The van der Waals surface area contributed by atoms with Gasteiger partial charge in [-0.2, -0.15) is 0 Å². The van der Waals surface area contributed by atoms with Crippen LogP contribution in [0.3, 0.4) is 0 Å². The molecule has 0 spiro atoms. The van der Waals surface area contributed by atoms with Gasteiger partial charge in [0.05, 0.1) is 5.69 Å². The number of pyridine rings is 1. The predicted molar refractivity (Wildman–Crippen MR) is 78.3 cm³/mol. The van der Waals surface area contributed by atoms with E-state index in [1.807, 2.05) is 32.0 Å². The van der Waals surface area contributed by atoms with Crippen LogP contribution in [0.15, 0.2) is 36.5 Å². The SMILES string of the molecule is Cc1ccc([C@@](C)(CCO)c2ncccc2C)cc1F. The molecule has 0 bridgehead atoms. The van der Waals surface area contributed by atoms with Crippen molar-refractivity contribution in [3.05, 3.63) is 64.7 Å². The molecular formula is C17H20FNO. The highest BCUT2D eigenvalue weighted by Crippen LogP contribution is 2.36. The lowest BCUT2D eigenvalue weighted by Crippen LogP contribution is -2.27. The van der Waals surface area contributed by atoms with E-state index in [0.29, 0.717) is 12.0 Å². The molecule has 2 rings (SSSR count). The average molecular weight is 273 g/mol. The van der Waals surface area contributed by atoms with Gasteiger partial charge in [-0.1, -0.05) is 18.2 Å². The molecule has 1 heterocycles. The van der Waals surface area contributed by atoms with Crippen LogP contribution in [0.25, 0.3) is 0 Å². The van der Waals surface area contributed by atoms with Crippen molar-refractivity contribution in [1.29, 1.82) is 0 Å². The molecule has 0 unspecified atom stereocenters. The maximum absolute atomic E-state index is 13.9. The van der Waals surface area contributed by atoms with Gasteiger partial charge in [-0.25, -0.2) is 4.39 Å². The number of benzene rings is 1. The number of aliphatic hydroxyl groups excluding tert-OH is 1. The predicted octanol–water partition coefficient (Wildman–Crippen LogP) is 3.53. The van der Waals surface area contributed by atoms with Gasteiger partial charge in [0.15, 0.2) is 0 Å². The number of aromatic nitrogens is 1. The fourth-order valence-corrected chi connectivity index (χ4v) is 2.62. The molecule has 0 aliphatic rings. The zero-order valence-corrected chi connectivity index (χ0v) is 12.2. The molecule has 0 radical (unpaired) electrons. The average Bonchev–Trinajstić information content (AvgIpc) is 2.42. The molecule has 0 fully saturated rings. The highest BCUT2D eigenvalue weighted by molar-refractivity contribution is 5.40. The van der Waals surface area contributed by atoms with E-state index in [2.05, 4.69) is 4.98 Å². The highest BCUT2D eigenvalue weighted by atomic mass is 19.1. The maximum atomic E-state index is 13.9. The standard InChI is InChI=1S/C17H20FNO/c1-12-6-7-14(11-15(12)18)17(3,8-10-20)16-13(2)5-4-9-19-16/h4-7,9,11,20H,8,10H2,1-3H3/t17-/m1/s1. The Morgan fingerprint density at radius 2 is 1.95 bits per heavy atom. The topological polar surface area (TPSA) is 33.1 Å². The Hall–Kier alpha value is -1.74. The normalized spacial score (nSPS) is 14.1. The molecule has 0 saturated carbocycles. The summed E-state index contributed by atoms with van der Waals surface area (Å²) in [6.07, 6.45) is 2.25. The van der Waals surface area contributed by atoms with Crippen molar-refractivity contribution >= 4 is 0 Å². The van der Waals surface area contributed by atoms with Crippen molar-refractivity contribution in [2.45, 2.75) is 32.6 Å². The van der Waals surface area contributed by atoms with Gasteiger partial charge in [-0.05, 0) is 56.0 Å². The monoisotopic (exact) mass is 273 g/mol. The summed E-state index contributed by atoms with van der Waals surface area (Å²) in [7, 11) is 0. The van der Waals surface area contributed by atoms with Gasteiger partial charge in [-0.3, -0.25) is 4.98 Å². The van der Waals surface area contributed by atoms with Crippen molar-refractivity contribution in [2.75, 3.05) is 6.61 Å². The van der Waals surface area contributed by atoms with E-state index in [0.717, 1.165) is 16.8 Å². The second-order valence-electron chi connectivity index (χ2n) is 5.44. The Morgan fingerprint density at radius 3 is 2.55 bits per heavy atom. The Morgan fingerprint density at radius 1 is 1.20 bits per heavy atom. The Labute approximate surface area is 119 Å². The van der Waals surface area contributed by atoms with Crippen LogP contribution >= 0.6 is 0 Å². The largest absolute Gasteiger partial charge is 0.396 e. The Kier molecular flexibility index (Phi) is 4.19. The summed E-state index contributed by atoms with van der Waals surface area (Å²) < 4.78 is 13.9. The molecule has 106 valence electrons. The minimum atomic E-state index is -0.491. The van der Waals surface area contributed by atoms with Crippen LogP contribution < -0.4 is 0 Å². The fourth-order valence-electron chi connectivity index (χ4n) is 2.62. The van der Waals surface area contributed by atoms with Gasteiger partial charge in [0.25, 0.3) is 0 Å². The molecule has 1 N–H and O–H groups in total. The summed E-state index contributed by atoms with van der Waals surface area (Å²) in [6.45, 7) is 5.77. The second kappa shape index (κ2) is 5.71. The first kappa shape index (κ1) is 14.7. The van der Waals surface area contributed by atoms with E-state index in [9.17, 15) is 9.50 Å². The van der Waals surface area contributed by atoms with Crippen molar-refractivity contribution in [1.82, 2.24) is 4.98 Å². The summed E-state index contributed by atoms with van der Waals surface area (Å²) in [5.41, 5.74) is 2.91. The third-order valence-corrected chi connectivity index (χ3v) is 3.95. The lowest BCUT2D eigenvalue weighted by molar-refractivity contribution is 0.257. The molecule has 0 saturated heterocycles. The minimum absolute atomic E-state index is 0.0298. The van der Waals surface area contributed by atoms with E-state index in [1.165, 1.54) is 0 Å². The van der Waals surface area contributed by atoms with Crippen LogP contribution in [0.2, 0.25) is 0 Å². The second-order valence-corrected chi connectivity index (χ2v) is 5.44. The number of nitrogens with zero attached hydrogens (tertiary/aromatic N) is 1. The Bertz CT molecular complexity index is 612. The van der Waals surface area contributed by atoms with Crippen molar-refractivity contribution in [3.63, 3.8) is 0 Å². The lowest BCUT2D eigenvalue weighted by atomic mass is 9.75. The summed E-state index contributed by atoms with van der Waals surface area (Å²) in [5.74, 6) is -0.222. The molecule has 20 heavy (non-hydrogen) atoms. The van der Waals surface area contributed by atoms with Gasteiger partial charge < -0.3 is 5.11 Å². The molecule has 3 heteroatoms. The van der Waals surface area contributed by atoms with Crippen LogP contribution in [-0.4, -0.2) is 16.7 Å². The van der Waals surface area contributed by atoms with Crippen LogP contribution in [0.4, 0.5) is 4.39 Å².